The van der Waals surface area contributed by atoms with Gasteiger partial charge in [0.1, 0.15) is 19.3 Å². The normalized spacial score (nSPS) is 12.3. The summed E-state index contributed by atoms with van der Waals surface area (Å²) in [5, 5.41) is 0. The highest BCUT2D eigenvalue weighted by molar-refractivity contribution is 5.69. The molecule has 0 aliphatic carbocycles. The van der Waals surface area contributed by atoms with E-state index in [1.807, 2.05) is 0 Å². The van der Waals surface area contributed by atoms with E-state index in [0.717, 1.165) is 44.9 Å². The number of carbonyl (C=O) groups excluding carboxylic acids is 2. The van der Waals surface area contributed by atoms with Gasteiger partial charge in [-0.3, -0.25) is 9.59 Å². The Hall–Kier alpha value is -1.88. The Morgan fingerprint density at radius 2 is 0.528 bits per heavy atom. The molecule has 0 aliphatic rings. The molecular weight excluding hydrogens is 885 g/mol. The maximum atomic E-state index is 12.7. The van der Waals surface area contributed by atoms with Crippen molar-refractivity contribution in [1.29, 1.82) is 0 Å². The van der Waals surface area contributed by atoms with Gasteiger partial charge in [0, 0.05) is 19.4 Å². The highest BCUT2D eigenvalue weighted by atomic mass is 16.6. The maximum absolute atomic E-state index is 12.7. The summed E-state index contributed by atoms with van der Waals surface area (Å²) >= 11 is 0. The number of ether oxygens (including phenoxy) is 3. The minimum Gasteiger partial charge on any atom is -0.463 e. The van der Waals surface area contributed by atoms with Crippen LogP contribution >= 0.6 is 0 Å². The molecule has 0 radical (unpaired) electrons. The van der Waals surface area contributed by atoms with E-state index < -0.39 is 6.10 Å². The quantitative estimate of drug-likeness (QED) is 0.0345. The first kappa shape index (κ1) is 70.1. The van der Waals surface area contributed by atoms with Crippen LogP contribution in [0.15, 0.2) is 36.5 Å². The van der Waals surface area contributed by atoms with Gasteiger partial charge < -0.3 is 14.2 Å². The molecule has 0 spiro atoms. The Bertz CT molecular complexity index is 1140. The standard InChI is InChI=1S/C67H126O5/c1-4-7-10-13-16-19-22-25-28-31-33-34-36-38-40-43-46-49-52-55-58-61-67(69)72-64-65(70-62-59-56-53-50-47-44-41-30-27-24-21-18-15-12-9-6-3)63-71-66(68)60-57-54-51-48-45-42-39-37-35-32-29-26-23-20-17-14-11-8-5-2/h17,20,25-26,28-29,65H,4-16,18-19,21-24,27,30-64H2,1-3H3/b20-17-,28-25-,29-26-/t65-/m1/s1. The van der Waals surface area contributed by atoms with Gasteiger partial charge in [-0.05, 0) is 77.0 Å². The summed E-state index contributed by atoms with van der Waals surface area (Å²) in [6.45, 7) is 7.77. The van der Waals surface area contributed by atoms with E-state index in [4.69, 9.17) is 14.2 Å². The highest BCUT2D eigenvalue weighted by Gasteiger charge is 2.16. The summed E-state index contributed by atoms with van der Waals surface area (Å²) in [7, 11) is 0. The molecule has 0 unspecified atom stereocenters. The first-order valence-electron chi connectivity index (χ1n) is 32.5. The van der Waals surface area contributed by atoms with Gasteiger partial charge in [0.05, 0.1) is 0 Å². The Kier molecular flexibility index (Phi) is 61.8. The topological polar surface area (TPSA) is 61.8 Å². The molecule has 0 N–H and O–H groups in total. The van der Waals surface area contributed by atoms with Crippen LogP contribution in [-0.4, -0.2) is 37.9 Å². The van der Waals surface area contributed by atoms with Gasteiger partial charge in [0.25, 0.3) is 0 Å². The van der Waals surface area contributed by atoms with Gasteiger partial charge in [-0.2, -0.15) is 0 Å². The highest BCUT2D eigenvalue weighted by Crippen LogP contribution is 2.17. The minimum absolute atomic E-state index is 0.158. The molecule has 0 fully saturated rings. The molecule has 0 aromatic carbocycles. The summed E-state index contributed by atoms with van der Waals surface area (Å²) in [4.78, 5) is 25.4. The predicted octanol–water partition coefficient (Wildman–Crippen LogP) is 22.5. The third-order valence-electron chi connectivity index (χ3n) is 14.7. The van der Waals surface area contributed by atoms with E-state index in [9.17, 15) is 9.59 Å². The summed E-state index contributed by atoms with van der Waals surface area (Å²) in [6.07, 6.45) is 79.2. The summed E-state index contributed by atoms with van der Waals surface area (Å²) in [5.41, 5.74) is 0. The first-order chi connectivity index (χ1) is 35.6. The Labute approximate surface area is 450 Å². The van der Waals surface area contributed by atoms with Gasteiger partial charge in [0.15, 0.2) is 0 Å². The van der Waals surface area contributed by atoms with Crippen LogP contribution in [0, 0.1) is 0 Å². The molecule has 1 atom stereocenters. The number of hydrogen-bond acceptors (Lipinski definition) is 5. The zero-order chi connectivity index (χ0) is 52.0. The fourth-order valence-electron chi connectivity index (χ4n) is 9.75. The molecular formula is C67H126O5. The number of rotatable bonds is 61. The van der Waals surface area contributed by atoms with Crippen LogP contribution in [0.25, 0.3) is 0 Å². The van der Waals surface area contributed by atoms with Crippen LogP contribution in [0.5, 0.6) is 0 Å². The van der Waals surface area contributed by atoms with Gasteiger partial charge >= 0.3 is 11.9 Å². The number of allylic oxidation sites excluding steroid dienone is 6. The number of hydrogen-bond donors (Lipinski definition) is 0. The molecule has 0 aromatic heterocycles. The van der Waals surface area contributed by atoms with Crippen molar-refractivity contribution in [3.05, 3.63) is 36.5 Å². The van der Waals surface area contributed by atoms with Crippen molar-refractivity contribution in [2.75, 3.05) is 19.8 Å². The van der Waals surface area contributed by atoms with Crippen molar-refractivity contribution in [2.45, 2.75) is 361 Å². The molecule has 5 nitrogen and oxygen atoms in total. The molecule has 0 saturated heterocycles. The Morgan fingerprint density at radius 3 is 0.847 bits per heavy atom. The van der Waals surface area contributed by atoms with Crippen molar-refractivity contribution in [2.24, 2.45) is 0 Å². The lowest BCUT2D eigenvalue weighted by molar-refractivity contribution is -0.155. The monoisotopic (exact) mass is 1010 g/mol. The van der Waals surface area contributed by atoms with E-state index in [1.54, 1.807) is 0 Å². The lowest BCUT2D eigenvalue weighted by atomic mass is 10.0. The molecule has 0 heterocycles. The van der Waals surface area contributed by atoms with E-state index in [2.05, 4.69) is 57.2 Å². The zero-order valence-corrected chi connectivity index (χ0v) is 49.0. The van der Waals surface area contributed by atoms with Crippen molar-refractivity contribution in [3.8, 4) is 0 Å². The molecule has 0 bridgehead atoms. The fourth-order valence-corrected chi connectivity index (χ4v) is 9.75. The molecule has 0 aliphatic heterocycles. The van der Waals surface area contributed by atoms with E-state index in [0.29, 0.717) is 19.4 Å². The smallest absolute Gasteiger partial charge is 0.305 e. The largest absolute Gasteiger partial charge is 0.463 e. The van der Waals surface area contributed by atoms with Crippen LogP contribution in [0.2, 0.25) is 0 Å². The molecule has 0 amide bonds. The number of unbranched alkanes of at least 4 members (excludes halogenated alkanes) is 44. The van der Waals surface area contributed by atoms with Crippen LogP contribution in [0.3, 0.4) is 0 Å². The van der Waals surface area contributed by atoms with Gasteiger partial charge in [0.2, 0.25) is 0 Å². The zero-order valence-electron chi connectivity index (χ0n) is 49.0. The van der Waals surface area contributed by atoms with E-state index in [1.165, 1.54) is 276 Å². The maximum Gasteiger partial charge on any atom is 0.305 e. The number of carbonyl (C=O) groups is 2. The molecule has 5 heteroatoms. The van der Waals surface area contributed by atoms with Crippen LogP contribution < -0.4 is 0 Å². The summed E-state index contributed by atoms with van der Waals surface area (Å²) < 4.78 is 17.6. The minimum atomic E-state index is -0.399. The predicted molar refractivity (Wildman–Crippen MR) is 316 cm³/mol. The Balaban J connectivity index is 4.20. The second kappa shape index (κ2) is 63.4. The molecule has 72 heavy (non-hydrogen) atoms. The Morgan fingerprint density at radius 1 is 0.292 bits per heavy atom. The third-order valence-corrected chi connectivity index (χ3v) is 14.7. The van der Waals surface area contributed by atoms with Gasteiger partial charge in [-0.15, -0.1) is 0 Å². The molecule has 0 saturated carbocycles. The van der Waals surface area contributed by atoms with E-state index in [-0.39, 0.29) is 25.2 Å². The molecule has 0 rings (SSSR count). The average molecular weight is 1010 g/mol. The van der Waals surface area contributed by atoms with Crippen LogP contribution in [0.4, 0.5) is 0 Å². The summed E-state index contributed by atoms with van der Waals surface area (Å²) in [6, 6.07) is 0. The molecule has 0 aromatic rings. The van der Waals surface area contributed by atoms with Gasteiger partial charge in [-0.25, -0.2) is 0 Å². The van der Waals surface area contributed by atoms with Crippen LogP contribution in [-0.2, 0) is 23.8 Å². The lowest BCUT2D eigenvalue weighted by Gasteiger charge is -2.18. The second-order valence-corrected chi connectivity index (χ2v) is 22.0. The van der Waals surface area contributed by atoms with Crippen molar-refractivity contribution < 1.29 is 23.8 Å². The van der Waals surface area contributed by atoms with Crippen molar-refractivity contribution >= 4 is 11.9 Å². The lowest BCUT2D eigenvalue weighted by Crippen LogP contribution is -2.29. The van der Waals surface area contributed by atoms with Crippen molar-refractivity contribution in [1.82, 2.24) is 0 Å². The number of esters is 2. The SMILES string of the molecule is CCCCC/C=C\C/C=C\CCCCCCCCCCCC(=O)OC[C@H](COC(=O)CCCCCCCCCCCCC/C=C\CCCCCCCC)OCCCCCCCCCCCCCCCCCC. The second-order valence-electron chi connectivity index (χ2n) is 22.0. The van der Waals surface area contributed by atoms with Crippen molar-refractivity contribution in [3.63, 3.8) is 0 Å². The first-order valence-corrected chi connectivity index (χ1v) is 32.5. The third kappa shape index (κ3) is 60.7. The average Bonchev–Trinajstić information content (AvgIpc) is 3.38. The van der Waals surface area contributed by atoms with Crippen LogP contribution in [0.1, 0.15) is 355 Å². The van der Waals surface area contributed by atoms with E-state index >= 15 is 0 Å². The summed E-state index contributed by atoms with van der Waals surface area (Å²) in [5.74, 6) is -0.318. The fraction of sp³-hybridized carbons (Fsp3) is 0.881. The van der Waals surface area contributed by atoms with Gasteiger partial charge in [-0.1, -0.05) is 301 Å². The molecule has 424 valence electrons.